The summed E-state index contributed by atoms with van der Waals surface area (Å²) in [5.41, 5.74) is 1.30. The van der Waals surface area contributed by atoms with Gasteiger partial charge in [0.05, 0.1) is 6.54 Å². The van der Waals surface area contributed by atoms with Crippen molar-refractivity contribution >= 4 is 17.2 Å². The Bertz CT molecular complexity index is 373. The second kappa shape index (κ2) is 6.77. The molecule has 1 amide bonds. The molecular weight excluding hydrogens is 232 g/mol. The molecule has 1 heterocycles. The number of hydrogen-bond acceptors (Lipinski definition) is 3. The maximum atomic E-state index is 11.5. The highest BCUT2D eigenvalue weighted by atomic mass is 32.1. The van der Waals surface area contributed by atoms with Gasteiger partial charge in [-0.05, 0) is 38.8 Å². The number of rotatable bonds is 6. The molecule has 0 radical (unpaired) electrons. The molecule has 0 aliphatic heterocycles. The van der Waals surface area contributed by atoms with E-state index in [1.165, 1.54) is 15.3 Å². The zero-order chi connectivity index (χ0) is 12.8. The van der Waals surface area contributed by atoms with Gasteiger partial charge in [-0.15, -0.1) is 11.3 Å². The highest BCUT2D eigenvalue weighted by Gasteiger charge is 2.11. The van der Waals surface area contributed by atoms with Gasteiger partial charge in [-0.25, -0.2) is 0 Å². The Balaban J connectivity index is 2.42. The third kappa shape index (κ3) is 4.48. The predicted molar refractivity (Wildman–Crippen MR) is 73.5 cm³/mol. The monoisotopic (exact) mass is 254 g/mol. The first-order valence-electron chi connectivity index (χ1n) is 6.11. The minimum Gasteiger partial charge on any atom is -0.355 e. The number of carbonyl (C=O) groups is 1. The van der Waals surface area contributed by atoms with Crippen molar-refractivity contribution in [3.8, 4) is 0 Å². The van der Waals surface area contributed by atoms with Gasteiger partial charge < -0.3 is 10.6 Å². The number of thiophene rings is 1. The lowest BCUT2D eigenvalue weighted by molar-refractivity contribution is -0.120. The van der Waals surface area contributed by atoms with Crippen molar-refractivity contribution in [2.75, 3.05) is 13.1 Å². The molecule has 96 valence electrons. The van der Waals surface area contributed by atoms with Crippen LogP contribution in [0.2, 0.25) is 0 Å². The van der Waals surface area contributed by atoms with E-state index in [4.69, 9.17) is 0 Å². The van der Waals surface area contributed by atoms with E-state index in [1.54, 1.807) is 11.3 Å². The van der Waals surface area contributed by atoms with Gasteiger partial charge in [0.1, 0.15) is 0 Å². The van der Waals surface area contributed by atoms with Gasteiger partial charge in [0.15, 0.2) is 0 Å². The topological polar surface area (TPSA) is 41.1 Å². The van der Waals surface area contributed by atoms with Crippen molar-refractivity contribution < 1.29 is 4.79 Å². The zero-order valence-corrected chi connectivity index (χ0v) is 11.9. The molecule has 2 N–H and O–H groups in total. The normalized spacial score (nSPS) is 12.5. The van der Waals surface area contributed by atoms with Gasteiger partial charge in [-0.2, -0.15) is 0 Å². The Morgan fingerprint density at radius 3 is 2.71 bits per heavy atom. The molecule has 4 heteroatoms. The number of nitrogens with one attached hydrogen (secondary N) is 2. The number of carbonyl (C=O) groups excluding carboxylic acids is 1. The molecule has 0 fully saturated rings. The average Bonchev–Trinajstić information content (AvgIpc) is 2.62. The Morgan fingerprint density at radius 1 is 1.47 bits per heavy atom. The molecule has 1 aromatic rings. The first-order chi connectivity index (χ1) is 8.04. The Hall–Kier alpha value is -0.870. The van der Waals surface area contributed by atoms with Crippen LogP contribution in [0.15, 0.2) is 6.07 Å². The van der Waals surface area contributed by atoms with Crippen LogP contribution < -0.4 is 10.6 Å². The third-order valence-corrected chi connectivity index (χ3v) is 3.67. The Morgan fingerprint density at radius 2 is 2.18 bits per heavy atom. The lowest BCUT2D eigenvalue weighted by atomic mass is 10.1. The molecule has 1 atom stereocenters. The van der Waals surface area contributed by atoms with Gasteiger partial charge in [0.2, 0.25) is 5.91 Å². The van der Waals surface area contributed by atoms with Crippen LogP contribution in [0.3, 0.4) is 0 Å². The highest BCUT2D eigenvalue weighted by Crippen LogP contribution is 2.25. The summed E-state index contributed by atoms with van der Waals surface area (Å²) in [6.07, 6.45) is 0.976. The summed E-state index contributed by atoms with van der Waals surface area (Å²) < 4.78 is 0. The minimum absolute atomic E-state index is 0.0725. The average molecular weight is 254 g/mol. The van der Waals surface area contributed by atoms with Crippen LogP contribution in [0.1, 0.15) is 41.6 Å². The van der Waals surface area contributed by atoms with Crippen LogP contribution in [0.5, 0.6) is 0 Å². The summed E-state index contributed by atoms with van der Waals surface area (Å²) in [7, 11) is 0. The van der Waals surface area contributed by atoms with E-state index in [2.05, 4.69) is 37.5 Å². The Kier molecular flexibility index (Phi) is 5.65. The molecule has 0 aromatic carbocycles. The van der Waals surface area contributed by atoms with Gasteiger partial charge >= 0.3 is 0 Å². The maximum absolute atomic E-state index is 11.5. The molecule has 1 aromatic heterocycles. The molecule has 0 aliphatic carbocycles. The fraction of sp³-hybridized carbons (Fsp3) is 0.615. The van der Waals surface area contributed by atoms with Crippen molar-refractivity contribution in [2.45, 2.75) is 40.2 Å². The van der Waals surface area contributed by atoms with Crippen molar-refractivity contribution in [3.63, 3.8) is 0 Å². The molecular formula is C13H22N2OS. The largest absolute Gasteiger partial charge is 0.355 e. The Labute approximate surface area is 108 Å². The molecule has 1 unspecified atom stereocenters. The molecule has 0 saturated heterocycles. The van der Waals surface area contributed by atoms with Crippen molar-refractivity contribution in [1.29, 1.82) is 0 Å². The van der Waals surface area contributed by atoms with E-state index in [1.807, 2.05) is 6.92 Å². The van der Waals surface area contributed by atoms with Crippen molar-refractivity contribution in [3.05, 3.63) is 21.4 Å². The summed E-state index contributed by atoms with van der Waals surface area (Å²) in [5.74, 6) is 0.0725. The van der Waals surface area contributed by atoms with Crippen LogP contribution in [0.25, 0.3) is 0 Å². The molecule has 0 bridgehead atoms. The van der Waals surface area contributed by atoms with Gasteiger partial charge in [-0.3, -0.25) is 4.79 Å². The molecule has 0 spiro atoms. The molecule has 0 saturated carbocycles. The number of hydrogen-bond donors (Lipinski definition) is 2. The quantitative estimate of drug-likeness (QED) is 0.819. The maximum Gasteiger partial charge on any atom is 0.233 e. The fourth-order valence-electron chi connectivity index (χ4n) is 1.76. The van der Waals surface area contributed by atoms with E-state index in [9.17, 15) is 4.79 Å². The van der Waals surface area contributed by atoms with E-state index in [0.29, 0.717) is 6.54 Å². The highest BCUT2D eigenvalue weighted by molar-refractivity contribution is 7.12. The van der Waals surface area contributed by atoms with E-state index < -0.39 is 0 Å². The lowest BCUT2D eigenvalue weighted by Gasteiger charge is -2.13. The van der Waals surface area contributed by atoms with E-state index >= 15 is 0 Å². The molecule has 17 heavy (non-hydrogen) atoms. The second-order valence-electron chi connectivity index (χ2n) is 4.32. The van der Waals surface area contributed by atoms with Crippen LogP contribution in [-0.4, -0.2) is 19.0 Å². The fourth-order valence-corrected chi connectivity index (χ4v) is 2.79. The first kappa shape index (κ1) is 14.2. The SMILES string of the molecule is CCCNC(=O)CNC(C)c1cc(C)sc1C. The predicted octanol–water partition coefficient (Wildman–Crippen LogP) is 2.54. The van der Waals surface area contributed by atoms with E-state index in [0.717, 1.165) is 13.0 Å². The standard InChI is InChI=1S/C13H22N2OS/c1-5-6-14-13(16)8-15-10(3)12-7-9(2)17-11(12)4/h7,10,15H,5-6,8H2,1-4H3,(H,14,16). The zero-order valence-electron chi connectivity index (χ0n) is 11.1. The second-order valence-corrected chi connectivity index (χ2v) is 5.78. The van der Waals surface area contributed by atoms with Crippen LogP contribution >= 0.6 is 11.3 Å². The smallest absolute Gasteiger partial charge is 0.233 e. The van der Waals surface area contributed by atoms with Crippen molar-refractivity contribution in [2.24, 2.45) is 0 Å². The summed E-state index contributed by atoms with van der Waals surface area (Å²) in [6, 6.07) is 2.43. The van der Waals surface area contributed by atoms with Crippen molar-refractivity contribution in [1.82, 2.24) is 10.6 Å². The lowest BCUT2D eigenvalue weighted by Crippen LogP contribution is -2.35. The molecule has 0 aliphatic rings. The van der Waals surface area contributed by atoms with E-state index in [-0.39, 0.29) is 11.9 Å². The van der Waals surface area contributed by atoms with Crippen LogP contribution in [-0.2, 0) is 4.79 Å². The minimum atomic E-state index is 0.0725. The summed E-state index contributed by atoms with van der Waals surface area (Å²) in [5, 5.41) is 6.12. The van der Waals surface area contributed by atoms with Gasteiger partial charge in [0, 0.05) is 22.3 Å². The van der Waals surface area contributed by atoms with Crippen LogP contribution in [0, 0.1) is 13.8 Å². The number of aryl methyl sites for hydroxylation is 2. The summed E-state index contributed by atoms with van der Waals surface area (Å²) >= 11 is 1.81. The van der Waals surface area contributed by atoms with Crippen LogP contribution in [0.4, 0.5) is 0 Å². The molecule has 3 nitrogen and oxygen atoms in total. The summed E-state index contributed by atoms with van der Waals surface area (Å²) in [4.78, 5) is 14.1. The molecule has 1 rings (SSSR count). The number of amides is 1. The van der Waals surface area contributed by atoms with Gasteiger partial charge in [0.25, 0.3) is 0 Å². The third-order valence-electron chi connectivity index (χ3n) is 2.69. The first-order valence-corrected chi connectivity index (χ1v) is 6.93. The summed E-state index contributed by atoms with van der Waals surface area (Å²) in [6.45, 7) is 9.53. The van der Waals surface area contributed by atoms with Gasteiger partial charge in [-0.1, -0.05) is 6.92 Å².